The Labute approximate surface area is 86.4 Å². The van der Waals surface area contributed by atoms with Gasteiger partial charge in [0.1, 0.15) is 4.33 Å². The van der Waals surface area contributed by atoms with Crippen molar-refractivity contribution >= 4 is 23.2 Å². The van der Waals surface area contributed by atoms with Gasteiger partial charge in [-0.3, -0.25) is 0 Å². The van der Waals surface area contributed by atoms with Crippen LogP contribution in [0.1, 0.15) is 32.0 Å². The van der Waals surface area contributed by atoms with Crippen molar-refractivity contribution in [3.63, 3.8) is 0 Å². The third-order valence-corrected chi connectivity index (χ3v) is 3.62. The average molecular weight is 221 g/mol. The molecule has 0 amide bonds. The van der Waals surface area contributed by atoms with Gasteiger partial charge in [0, 0.05) is 6.42 Å². The second-order valence-corrected chi connectivity index (χ2v) is 5.07. The Morgan fingerprint density at radius 2 is 2.15 bits per heavy atom. The van der Waals surface area contributed by atoms with Gasteiger partial charge < -0.3 is 4.52 Å². The zero-order chi connectivity index (χ0) is 9.69. The normalized spacial score (nSPS) is 30.5. The van der Waals surface area contributed by atoms with Gasteiger partial charge in [-0.1, -0.05) is 12.1 Å². The van der Waals surface area contributed by atoms with E-state index in [1.807, 2.05) is 13.8 Å². The number of hydrogen-bond acceptors (Lipinski definition) is 3. The Morgan fingerprint density at radius 3 is 2.54 bits per heavy atom. The van der Waals surface area contributed by atoms with E-state index in [0.29, 0.717) is 18.1 Å². The highest BCUT2D eigenvalue weighted by Gasteiger charge is 2.67. The summed E-state index contributed by atoms with van der Waals surface area (Å²) in [5, 5.41) is 3.80. The molecule has 0 spiro atoms. The van der Waals surface area contributed by atoms with Crippen molar-refractivity contribution in [3.05, 3.63) is 11.7 Å². The molecule has 13 heavy (non-hydrogen) atoms. The molecule has 0 aliphatic heterocycles. The summed E-state index contributed by atoms with van der Waals surface area (Å²) >= 11 is 11.9. The van der Waals surface area contributed by atoms with Gasteiger partial charge in [0.25, 0.3) is 0 Å². The molecule has 0 bridgehead atoms. The SMILES string of the molecule is CCc1noc(C2(C)CC2(Cl)Cl)n1. The van der Waals surface area contributed by atoms with E-state index in [1.165, 1.54) is 0 Å². The van der Waals surface area contributed by atoms with Gasteiger partial charge in [-0.25, -0.2) is 0 Å². The van der Waals surface area contributed by atoms with E-state index in [2.05, 4.69) is 10.1 Å². The van der Waals surface area contributed by atoms with Crippen LogP contribution in [0, 0.1) is 0 Å². The summed E-state index contributed by atoms with van der Waals surface area (Å²) in [5.74, 6) is 1.25. The second-order valence-electron chi connectivity index (χ2n) is 3.58. The van der Waals surface area contributed by atoms with Gasteiger partial charge in [-0.15, -0.1) is 23.2 Å². The summed E-state index contributed by atoms with van der Waals surface area (Å²) in [6, 6.07) is 0. The summed E-state index contributed by atoms with van der Waals surface area (Å²) in [7, 11) is 0. The summed E-state index contributed by atoms with van der Waals surface area (Å²) in [6.45, 7) is 3.90. The molecular formula is C8H10Cl2N2O. The number of rotatable bonds is 2. The standard InChI is InChI=1S/C8H10Cl2N2O/c1-3-5-11-6(13-12-5)7(2)4-8(7,9)10/h3-4H2,1-2H3. The topological polar surface area (TPSA) is 38.9 Å². The maximum Gasteiger partial charge on any atom is 0.235 e. The maximum atomic E-state index is 5.97. The van der Waals surface area contributed by atoms with E-state index < -0.39 is 4.33 Å². The lowest BCUT2D eigenvalue weighted by Gasteiger charge is -2.03. The molecule has 1 fully saturated rings. The predicted octanol–water partition coefficient (Wildman–Crippen LogP) is 2.47. The number of nitrogens with zero attached hydrogens (tertiary/aromatic N) is 2. The van der Waals surface area contributed by atoms with Gasteiger partial charge in [-0.2, -0.15) is 4.98 Å². The summed E-state index contributed by atoms with van der Waals surface area (Å²) in [5.41, 5.74) is -0.351. The van der Waals surface area contributed by atoms with Crippen molar-refractivity contribution in [1.82, 2.24) is 10.1 Å². The fraction of sp³-hybridized carbons (Fsp3) is 0.750. The molecule has 0 saturated heterocycles. The molecule has 1 heterocycles. The molecule has 1 saturated carbocycles. The average Bonchev–Trinajstić information content (AvgIpc) is 2.53. The number of hydrogen-bond donors (Lipinski definition) is 0. The first-order valence-electron chi connectivity index (χ1n) is 4.20. The van der Waals surface area contributed by atoms with Crippen LogP contribution in [0.25, 0.3) is 0 Å². The van der Waals surface area contributed by atoms with Gasteiger partial charge in [0.15, 0.2) is 5.82 Å². The highest BCUT2D eigenvalue weighted by Crippen LogP contribution is 2.64. The fourth-order valence-corrected chi connectivity index (χ4v) is 1.95. The lowest BCUT2D eigenvalue weighted by Crippen LogP contribution is -2.10. The first-order valence-corrected chi connectivity index (χ1v) is 4.96. The highest BCUT2D eigenvalue weighted by atomic mass is 35.5. The minimum Gasteiger partial charge on any atom is -0.339 e. The zero-order valence-corrected chi connectivity index (χ0v) is 8.98. The van der Waals surface area contributed by atoms with E-state index in [4.69, 9.17) is 27.7 Å². The van der Waals surface area contributed by atoms with Crippen LogP contribution >= 0.6 is 23.2 Å². The van der Waals surface area contributed by atoms with Crippen molar-refractivity contribution in [1.29, 1.82) is 0 Å². The predicted molar refractivity (Wildman–Crippen MR) is 50.1 cm³/mol. The highest BCUT2D eigenvalue weighted by molar-refractivity contribution is 6.52. The van der Waals surface area contributed by atoms with E-state index in [9.17, 15) is 0 Å². The molecule has 1 aromatic rings. The van der Waals surface area contributed by atoms with E-state index in [1.54, 1.807) is 0 Å². The molecule has 3 nitrogen and oxygen atoms in total. The summed E-state index contributed by atoms with van der Waals surface area (Å²) < 4.78 is 4.36. The molecule has 1 aliphatic carbocycles. The quantitative estimate of drug-likeness (QED) is 0.720. The van der Waals surface area contributed by atoms with Gasteiger partial charge >= 0.3 is 0 Å². The molecule has 1 atom stereocenters. The molecule has 1 unspecified atom stereocenters. The molecular weight excluding hydrogens is 211 g/mol. The third-order valence-electron chi connectivity index (χ3n) is 2.51. The number of aromatic nitrogens is 2. The molecule has 0 radical (unpaired) electrons. The lowest BCUT2D eigenvalue weighted by atomic mass is 10.1. The van der Waals surface area contributed by atoms with Crippen LogP contribution in [-0.4, -0.2) is 14.5 Å². The zero-order valence-electron chi connectivity index (χ0n) is 7.47. The van der Waals surface area contributed by atoms with Crippen molar-refractivity contribution in [2.24, 2.45) is 0 Å². The first kappa shape index (κ1) is 9.28. The van der Waals surface area contributed by atoms with Crippen LogP contribution < -0.4 is 0 Å². The van der Waals surface area contributed by atoms with Gasteiger partial charge in [-0.05, 0) is 13.3 Å². The minimum absolute atomic E-state index is 0.351. The van der Waals surface area contributed by atoms with E-state index in [-0.39, 0.29) is 5.41 Å². The number of aryl methyl sites for hydroxylation is 1. The molecule has 0 aromatic carbocycles. The summed E-state index contributed by atoms with van der Waals surface area (Å²) in [4.78, 5) is 4.21. The Bertz CT molecular complexity index is 337. The first-order chi connectivity index (χ1) is 5.99. The minimum atomic E-state index is -0.732. The number of alkyl halides is 2. The Morgan fingerprint density at radius 1 is 1.54 bits per heavy atom. The van der Waals surface area contributed by atoms with E-state index >= 15 is 0 Å². The van der Waals surface area contributed by atoms with Crippen LogP contribution in [0.15, 0.2) is 4.52 Å². The maximum absolute atomic E-state index is 5.97. The van der Waals surface area contributed by atoms with Crippen molar-refractivity contribution in [2.45, 2.75) is 36.4 Å². The van der Waals surface area contributed by atoms with Gasteiger partial charge in [0.2, 0.25) is 5.89 Å². The molecule has 1 aromatic heterocycles. The molecule has 1 aliphatic rings. The van der Waals surface area contributed by atoms with Crippen molar-refractivity contribution in [2.75, 3.05) is 0 Å². The van der Waals surface area contributed by atoms with Crippen LogP contribution in [0.2, 0.25) is 0 Å². The van der Waals surface area contributed by atoms with Gasteiger partial charge in [0.05, 0.1) is 5.41 Å². The Kier molecular flexibility index (Phi) is 1.86. The van der Waals surface area contributed by atoms with Crippen LogP contribution in [0.4, 0.5) is 0 Å². The van der Waals surface area contributed by atoms with Crippen molar-refractivity contribution in [3.8, 4) is 0 Å². The molecule has 5 heteroatoms. The Balaban J connectivity index is 2.28. The smallest absolute Gasteiger partial charge is 0.235 e. The molecule has 2 rings (SSSR count). The van der Waals surface area contributed by atoms with Crippen LogP contribution in [0.5, 0.6) is 0 Å². The van der Waals surface area contributed by atoms with Crippen LogP contribution in [0.3, 0.4) is 0 Å². The number of halogens is 2. The molecule has 0 N–H and O–H groups in total. The monoisotopic (exact) mass is 220 g/mol. The second kappa shape index (κ2) is 2.61. The van der Waals surface area contributed by atoms with Crippen LogP contribution in [-0.2, 0) is 11.8 Å². The fourth-order valence-electron chi connectivity index (χ4n) is 1.25. The van der Waals surface area contributed by atoms with Crippen molar-refractivity contribution < 1.29 is 4.52 Å². The third kappa shape index (κ3) is 1.25. The molecule has 72 valence electrons. The lowest BCUT2D eigenvalue weighted by molar-refractivity contribution is 0.348. The Hall–Kier alpha value is -0.280. The largest absolute Gasteiger partial charge is 0.339 e. The summed E-state index contributed by atoms with van der Waals surface area (Å²) in [6.07, 6.45) is 1.44. The van der Waals surface area contributed by atoms with E-state index in [0.717, 1.165) is 6.42 Å².